The summed E-state index contributed by atoms with van der Waals surface area (Å²) in [6, 6.07) is 23.1. The number of aliphatic hydroxyl groups excluding tert-OH is 1. The SMILES string of the molecule is COC(=O)[C@H](Cc1ccccc1)NC(=O)Nc1cccc([C@H]2O[C@@H](CSc3nccn3C)[C@@H](C)[C@@H](c3ccc(CO)cc3)O2)c1. The molecule has 0 saturated carbocycles. The summed E-state index contributed by atoms with van der Waals surface area (Å²) in [5.41, 5.74) is 3.96. The molecule has 45 heavy (non-hydrogen) atoms. The molecule has 0 radical (unpaired) electrons. The number of nitrogens with one attached hydrogen (secondary N) is 2. The number of anilines is 1. The van der Waals surface area contributed by atoms with E-state index in [2.05, 4.69) is 22.5 Å². The monoisotopic (exact) mass is 630 g/mol. The number of aliphatic hydroxyl groups is 1. The quantitative estimate of drug-likeness (QED) is 0.149. The van der Waals surface area contributed by atoms with Crippen LogP contribution >= 0.6 is 11.8 Å². The zero-order valence-electron chi connectivity index (χ0n) is 25.5. The number of aryl methyl sites for hydroxylation is 1. The molecule has 5 rings (SSSR count). The van der Waals surface area contributed by atoms with Crippen molar-refractivity contribution in [3.05, 3.63) is 114 Å². The molecule has 1 fully saturated rings. The van der Waals surface area contributed by atoms with Gasteiger partial charge in [-0.05, 0) is 28.8 Å². The highest BCUT2D eigenvalue weighted by molar-refractivity contribution is 7.99. The van der Waals surface area contributed by atoms with Crippen LogP contribution in [0.25, 0.3) is 0 Å². The third-order valence-electron chi connectivity index (χ3n) is 7.77. The van der Waals surface area contributed by atoms with Gasteiger partial charge in [-0.1, -0.05) is 85.4 Å². The van der Waals surface area contributed by atoms with Crippen molar-refractivity contribution >= 4 is 29.4 Å². The summed E-state index contributed by atoms with van der Waals surface area (Å²) in [7, 11) is 3.26. The number of rotatable bonds is 11. The van der Waals surface area contributed by atoms with Crippen LogP contribution in [-0.2, 0) is 39.1 Å². The van der Waals surface area contributed by atoms with Crippen molar-refractivity contribution in [2.45, 2.75) is 49.6 Å². The van der Waals surface area contributed by atoms with Crippen LogP contribution in [0.2, 0.25) is 0 Å². The van der Waals surface area contributed by atoms with Gasteiger partial charge in [-0.3, -0.25) is 0 Å². The van der Waals surface area contributed by atoms with Crippen LogP contribution in [0.1, 0.15) is 41.6 Å². The second-order valence-corrected chi connectivity index (χ2v) is 11.9. The maximum absolute atomic E-state index is 13.0. The lowest BCUT2D eigenvalue weighted by Gasteiger charge is -2.41. The summed E-state index contributed by atoms with van der Waals surface area (Å²) in [6.07, 6.45) is 2.82. The molecule has 1 aromatic heterocycles. The standard InChI is InChI=1S/C34H38N4O6S/c1-22-29(21-45-34-35-16-17-38(34)2)43-32(44-30(22)25-14-12-24(20-39)13-15-25)26-10-7-11-27(19-26)36-33(41)37-28(31(40)42-3)18-23-8-5-4-6-9-23/h4-17,19,22,28-30,32,39H,18,20-21H2,1-3H3,(H2,36,37,41)/t22-,28+,29+,30+,32+/m1/s1. The van der Waals surface area contributed by atoms with Crippen LogP contribution in [0.4, 0.5) is 10.5 Å². The highest BCUT2D eigenvalue weighted by Crippen LogP contribution is 2.43. The van der Waals surface area contributed by atoms with Crippen molar-refractivity contribution in [2.24, 2.45) is 13.0 Å². The number of esters is 1. The number of carbonyl (C=O) groups is 2. The summed E-state index contributed by atoms with van der Waals surface area (Å²) in [5.74, 6) is 0.141. The Labute approximate surface area is 267 Å². The van der Waals surface area contributed by atoms with E-state index < -0.39 is 24.3 Å². The van der Waals surface area contributed by atoms with Crippen molar-refractivity contribution in [1.82, 2.24) is 14.9 Å². The molecular weight excluding hydrogens is 592 g/mol. The van der Waals surface area contributed by atoms with Gasteiger partial charge in [-0.2, -0.15) is 0 Å². The molecule has 4 aromatic rings. The van der Waals surface area contributed by atoms with Crippen molar-refractivity contribution in [3.8, 4) is 0 Å². The van der Waals surface area contributed by atoms with Crippen LogP contribution in [0.3, 0.4) is 0 Å². The first-order chi connectivity index (χ1) is 21.8. The zero-order valence-corrected chi connectivity index (χ0v) is 26.3. The van der Waals surface area contributed by atoms with Crippen LogP contribution in [0, 0.1) is 5.92 Å². The Balaban J connectivity index is 1.32. The highest BCUT2D eigenvalue weighted by Gasteiger charge is 2.38. The molecule has 0 bridgehead atoms. The lowest BCUT2D eigenvalue weighted by Crippen LogP contribution is -2.45. The number of carbonyl (C=O) groups excluding carboxylic acids is 2. The second-order valence-electron chi connectivity index (χ2n) is 10.9. The van der Waals surface area contributed by atoms with Gasteiger partial charge in [0.2, 0.25) is 0 Å². The van der Waals surface area contributed by atoms with Gasteiger partial charge < -0.3 is 34.5 Å². The number of hydrogen-bond acceptors (Lipinski definition) is 8. The van der Waals surface area contributed by atoms with E-state index in [1.54, 1.807) is 30.1 Å². The second kappa shape index (κ2) is 15.2. The normalized spacial score (nSPS) is 20.3. The van der Waals surface area contributed by atoms with Gasteiger partial charge in [0.15, 0.2) is 11.4 Å². The van der Waals surface area contributed by atoms with Crippen LogP contribution in [0.15, 0.2) is 96.4 Å². The number of aromatic nitrogens is 2. The first-order valence-electron chi connectivity index (χ1n) is 14.7. The zero-order chi connectivity index (χ0) is 31.8. The largest absolute Gasteiger partial charge is 0.467 e. The topological polar surface area (TPSA) is 124 Å². The predicted octanol–water partition coefficient (Wildman–Crippen LogP) is 5.40. The van der Waals surface area contributed by atoms with Gasteiger partial charge in [0, 0.05) is 48.8 Å². The Bertz CT molecular complexity index is 1560. The summed E-state index contributed by atoms with van der Waals surface area (Å²) < 4.78 is 20.0. The minimum Gasteiger partial charge on any atom is -0.467 e. The van der Waals surface area contributed by atoms with E-state index in [-0.39, 0.29) is 24.7 Å². The van der Waals surface area contributed by atoms with Gasteiger partial charge in [-0.25, -0.2) is 14.6 Å². The van der Waals surface area contributed by atoms with Crippen molar-refractivity contribution in [1.29, 1.82) is 0 Å². The first kappa shape index (κ1) is 32.2. The number of hydrogen-bond donors (Lipinski definition) is 3. The van der Waals surface area contributed by atoms with E-state index in [0.29, 0.717) is 17.9 Å². The Morgan fingerprint density at radius 2 is 1.80 bits per heavy atom. The molecule has 0 spiro atoms. The number of nitrogens with zero attached hydrogens (tertiary/aromatic N) is 2. The van der Waals surface area contributed by atoms with E-state index in [1.807, 2.05) is 84.5 Å². The molecule has 0 aliphatic carbocycles. The molecule has 1 aliphatic rings. The summed E-state index contributed by atoms with van der Waals surface area (Å²) in [4.78, 5) is 29.9. The molecule has 1 saturated heterocycles. The smallest absolute Gasteiger partial charge is 0.328 e. The van der Waals surface area contributed by atoms with Crippen molar-refractivity contribution < 1.29 is 28.9 Å². The number of methoxy groups -OCH3 is 1. The third-order valence-corrected chi connectivity index (χ3v) is 8.91. The molecule has 1 aliphatic heterocycles. The Morgan fingerprint density at radius 3 is 2.49 bits per heavy atom. The number of benzene rings is 3. The number of thioether (sulfide) groups is 1. The minimum atomic E-state index is -0.859. The van der Waals surface area contributed by atoms with Gasteiger partial charge in [0.25, 0.3) is 0 Å². The fourth-order valence-electron chi connectivity index (χ4n) is 5.23. The molecule has 11 heteroatoms. The number of urea groups is 1. The number of ether oxygens (including phenoxy) is 3. The first-order valence-corrected chi connectivity index (χ1v) is 15.7. The summed E-state index contributed by atoms with van der Waals surface area (Å²) in [5, 5.41) is 16.0. The molecule has 10 nitrogen and oxygen atoms in total. The number of amides is 2. The molecule has 5 atom stereocenters. The average Bonchev–Trinajstić information content (AvgIpc) is 3.48. The molecule has 2 amide bonds. The van der Waals surface area contributed by atoms with Gasteiger partial charge >= 0.3 is 12.0 Å². The molecular formula is C34H38N4O6S. The maximum Gasteiger partial charge on any atom is 0.328 e. The van der Waals surface area contributed by atoms with E-state index >= 15 is 0 Å². The maximum atomic E-state index is 13.0. The van der Waals surface area contributed by atoms with Crippen LogP contribution < -0.4 is 10.6 Å². The third kappa shape index (κ3) is 8.31. The van der Waals surface area contributed by atoms with Gasteiger partial charge in [-0.15, -0.1) is 0 Å². The van der Waals surface area contributed by atoms with Crippen LogP contribution in [-0.4, -0.2) is 51.7 Å². The Morgan fingerprint density at radius 1 is 1.02 bits per heavy atom. The van der Waals surface area contributed by atoms with Gasteiger partial charge in [0.1, 0.15) is 6.04 Å². The van der Waals surface area contributed by atoms with Crippen molar-refractivity contribution in [2.75, 3.05) is 18.2 Å². The lowest BCUT2D eigenvalue weighted by atomic mass is 9.91. The summed E-state index contributed by atoms with van der Waals surface area (Å²) in [6.45, 7) is 2.08. The Kier molecular flexibility index (Phi) is 10.9. The van der Waals surface area contributed by atoms with Gasteiger partial charge in [0.05, 0.1) is 25.9 Å². The highest BCUT2D eigenvalue weighted by atomic mass is 32.2. The van der Waals surface area contributed by atoms with E-state index in [0.717, 1.165) is 27.4 Å². The summed E-state index contributed by atoms with van der Waals surface area (Å²) >= 11 is 1.62. The fraction of sp³-hybridized carbons (Fsp3) is 0.324. The molecule has 2 heterocycles. The predicted molar refractivity (Wildman–Crippen MR) is 171 cm³/mol. The van der Waals surface area contributed by atoms with E-state index in [1.165, 1.54) is 7.11 Å². The van der Waals surface area contributed by atoms with E-state index in [4.69, 9.17) is 14.2 Å². The molecule has 0 unspecified atom stereocenters. The average molecular weight is 631 g/mol. The lowest BCUT2D eigenvalue weighted by molar-refractivity contribution is -0.268. The number of imidazole rings is 1. The molecule has 236 valence electrons. The van der Waals surface area contributed by atoms with Crippen LogP contribution in [0.5, 0.6) is 0 Å². The molecule has 3 N–H and O–H groups in total. The van der Waals surface area contributed by atoms with Crippen molar-refractivity contribution in [3.63, 3.8) is 0 Å². The van der Waals surface area contributed by atoms with E-state index in [9.17, 15) is 14.7 Å². The minimum absolute atomic E-state index is 0.0148. The fourth-order valence-corrected chi connectivity index (χ4v) is 6.33. The Hall–Kier alpha value is -4.16. The molecule has 3 aromatic carbocycles.